The Bertz CT molecular complexity index is 533. The van der Waals surface area contributed by atoms with Gasteiger partial charge in [0.05, 0.1) is 6.61 Å². The molecule has 0 aliphatic carbocycles. The second-order valence-electron chi connectivity index (χ2n) is 5.28. The van der Waals surface area contributed by atoms with E-state index in [1.807, 2.05) is 0 Å². The molecule has 2 N–H and O–H groups in total. The first-order valence-electron chi connectivity index (χ1n) is 7.08. The zero-order chi connectivity index (χ0) is 14.4. The number of ether oxygens (including phenoxy) is 1. The smallest absolute Gasteiger partial charge is 0.0502 e. The average Bonchev–Trinajstić information content (AvgIpc) is 2.45. The van der Waals surface area contributed by atoms with Crippen molar-refractivity contribution in [2.45, 2.75) is 25.8 Å². The maximum Gasteiger partial charge on any atom is 0.0502 e. The Hall–Kier alpha value is -1.64. The number of hydrogen-bond acceptors (Lipinski definition) is 2. The number of methoxy groups -OCH3 is 1. The van der Waals surface area contributed by atoms with Crippen LogP contribution >= 0.6 is 0 Å². The molecule has 0 fully saturated rings. The molecular formula is C18H23NO. The topological polar surface area (TPSA) is 35.2 Å². The fraction of sp³-hybridized carbons (Fsp3) is 0.333. The summed E-state index contributed by atoms with van der Waals surface area (Å²) in [6, 6.07) is 17.1. The molecule has 0 aliphatic heterocycles. The quantitative estimate of drug-likeness (QED) is 0.872. The Morgan fingerprint density at radius 2 is 1.80 bits per heavy atom. The maximum absolute atomic E-state index is 6.30. The van der Waals surface area contributed by atoms with Crippen LogP contribution < -0.4 is 5.73 Å². The Morgan fingerprint density at radius 1 is 1.05 bits per heavy atom. The van der Waals surface area contributed by atoms with E-state index in [1.54, 1.807) is 7.11 Å². The van der Waals surface area contributed by atoms with E-state index in [0.717, 1.165) is 19.4 Å². The minimum Gasteiger partial charge on any atom is -0.384 e. The van der Waals surface area contributed by atoms with Gasteiger partial charge in [0.2, 0.25) is 0 Å². The zero-order valence-corrected chi connectivity index (χ0v) is 12.3. The number of nitrogens with two attached hydrogens (primary N) is 1. The zero-order valence-electron chi connectivity index (χ0n) is 12.3. The average molecular weight is 269 g/mol. The summed E-state index contributed by atoms with van der Waals surface area (Å²) in [5, 5.41) is 0. The third-order valence-corrected chi connectivity index (χ3v) is 3.54. The summed E-state index contributed by atoms with van der Waals surface area (Å²) in [5.41, 5.74) is 11.4. The van der Waals surface area contributed by atoms with Gasteiger partial charge in [0.15, 0.2) is 0 Å². The molecule has 2 nitrogen and oxygen atoms in total. The molecule has 1 unspecified atom stereocenters. The molecule has 0 saturated carbocycles. The Kier molecular flexibility index (Phi) is 5.33. The number of rotatable bonds is 6. The first-order valence-corrected chi connectivity index (χ1v) is 7.08. The van der Waals surface area contributed by atoms with Gasteiger partial charge in [0.1, 0.15) is 0 Å². The summed E-state index contributed by atoms with van der Waals surface area (Å²) >= 11 is 0. The summed E-state index contributed by atoms with van der Waals surface area (Å²) in [7, 11) is 1.73. The van der Waals surface area contributed by atoms with Crippen molar-refractivity contribution < 1.29 is 4.74 Å². The molecule has 106 valence electrons. The first-order chi connectivity index (χ1) is 9.69. The van der Waals surface area contributed by atoms with Crippen molar-refractivity contribution in [1.29, 1.82) is 0 Å². The van der Waals surface area contributed by atoms with Crippen LogP contribution in [0.25, 0.3) is 0 Å². The van der Waals surface area contributed by atoms with Crippen LogP contribution in [-0.2, 0) is 17.6 Å². The molecule has 0 radical (unpaired) electrons. The Labute approximate surface area is 121 Å². The van der Waals surface area contributed by atoms with E-state index in [9.17, 15) is 0 Å². The summed E-state index contributed by atoms with van der Waals surface area (Å²) in [5.74, 6) is 0. The lowest BCUT2D eigenvalue weighted by Gasteiger charge is -2.13. The molecule has 0 amide bonds. The predicted molar refractivity (Wildman–Crippen MR) is 83.8 cm³/mol. The molecular weight excluding hydrogens is 246 g/mol. The molecule has 2 heteroatoms. The second kappa shape index (κ2) is 7.22. The third kappa shape index (κ3) is 4.19. The van der Waals surface area contributed by atoms with Crippen LogP contribution in [0.3, 0.4) is 0 Å². The van der Waals surface area contributed by atoms with Crippen LogP contribution in [0.2, 0.25) is 0 Å². The molecule has 0 heterocycles. The molecule has 0 bridgehead atoms. The van der Waals surface area contributed by atoms with Crippen LogP contribution in [0, 0.1) is 6.92 Å². The Balaban J connectivity index is 2.00. The van der Waals surface area contributed by atoms with Crippen molar-refractivity contribution in [2.75, 3.05) is 13.7 Å². The van der Waals surface area contributed by atoms with Crippen molar-refractivity contribution in [3.8, 4) is 0 Å². The molecule has 0 spiro atoms. The summed E-state index contributed by atoms with van der Waals surface area (Å²) in [6.07, 6.45) is 1.82. The molecule has 2 rings (SSSR count). The molecule has 0 aliphatic rings. The molecule has 2 aromatic rings. The van der Waals surface area contributed by atoms with Crippen molar-refractivity contribution >= 4 is 0 Å². The van der Waals surface area contributed by atoms with Crippen molar-refractivity contribution in [2.24, 2.45) is 5.73 Å². The van der Waals surface area contributed by atoms with E-state index >= 15 is 0 Å². The van der Waals surface area contributed by atoms with E-state index in [0.29, 0.717) is 0 Å². The van der Waals surface area contributed by atoms with Gasteiger partial charge in [-0.1, -0.05) is 54.1 Å². The van der Waals surface area contributed by atoms with Crippen LogP contribution in [0.5, 0.6) is 0 Å². The summed E-state index contributed by atoms with van der Waals surface area (Å²) < 4.78 is 5.09. The standard InChI is InChI=1S/C18H23NO/c1-14-4-3-5-16(12-14)13-18(19)17-8-6-15(7-9-17)10-11-20-2/h3-9,12,18H,10-11,13,19H2,1-2H3. The van der Waals surface area contributed by atoms with Gasteiger partial charge < -0.3 is 10.5 Å². The number of hydrogen-bond donors (Lipinski definition) is 1. The van der Waals surface area contributed by atoms with Gasteiger partial charge in [-0.3, -0.25) is 0 Å². The largest absolute Gasteiger partial charge is 0.384 e. The molecule has 20 heavy (non-hydrogen) atoms. The molecule has 0 saturated heterocycles. The number of aryl methyl sites for hydroxylation is 1. The van der Waals surface area contributed by atoms with Crippen molar-refractivity contribution in [3.05, 3.63) is 70.8 Å². The van der Waals surface area contributed by atoms with E-state index in [1.165, 1.54) is 22.3 Å². The minimum absolute atomic E-state index is 0.0493. The minimum atomic E-state index is 0.0493. The van der Waals surface area contributed by atoms with Crippen LogP contribution in [0.4, 0.5) is 0 Å². The highest BCUT2D eigenvalue weighted by molar-refractivity contribution is 5.28. The summed E-state index contributed by atoms with van der Waals surface area (Å²) in [4.78, 5) is 0. The van der Waals surface area contributed by atoms with Gasteiger partial charge in [-0.15, -0.1) is 0 Å². The van der Waals surface area contributed by atoms with Crippen LogP contribution in [0.15, 0.2) is 48.5 Å². The van der Waals surface area contributed by atoms with Gasteiger partial charge >= 0.3 is 0 Å². The van der Waals surface area contributed by atoms with E-state index in [-0.39, 0.29) is 6.04 Å². The third-order valence-electron chi connectivity index (χ3n) is 3.54. The predicted octanol–water partition coefficient (Wildman–Crippen LogP) is 3.43. The normalized spacial score (nSPS) is 12.3. The summed E-state index contributed by atoms with van der Waals surface area (Å²) in [6.45, 7) is 2.87. The van der Waals surface area contributed by atoms with Crippen LogP contribution in [0.1, 0.15) is 28.3 Å². The lowest BCUT2D eigenvalue weighted by Crippen LogP contribution is -2.13. The van der Waals surface area contributed by atoms with Gasteiger partial charge in [-0.05, 0) is 36.5 Å². The highest BCUT2D eigenvalue weighted by Gasteiger charge is 2.07. The number of benzene rings is 2. The molecule has 1 atom stereocenters. The second-order valence-corrected chi connectivity index (χ2v) is 5.28. The maximum atomic E-state index is 6.30. The van der Waals surface area contributed by atoms with Crippen molar-refractivity contribution in [3.63, 3.8) is 0 Å². The monoisotopic (exact) mass is 269 g/mol. The SMILES string of the molecule is COCCc1ccc(C(N)Cc2cccc(C)c2)cc1. The highest BCUT2D eigenvalue weighted by atomic mass is 16.5. The van der Waals surface area contributed by atoms with Gasteiger partial charge in [-0.25, -0.2) is 0 Å². The van der Waals surface area contributed by atoms with Gasteiger partial charge in [0, 0.05) is 13.2 Å². The molecule has 0 aromatic heterocycles. The lowest BCUT2D eigenvalue weighted by atomic mass is 9.97. The highest BCUT2D eigenvalue weighted by Crippen LogP contribution is 2.17. The van der Waals surface area contributed by atoms with E-state index in [4.69, 9.17) is 10.5 Å². The van der Waals surface area contributed by atoms with Crippen LogP contribution in [-0.4, -0.2) is 13.7 Å². The Morgan fingerprint density at radius 3 is 2.45 bits per heavy atom. The molecule has 2 aromatic carbocycles. The lowest BCUT2D eigenvalue weighted by molar-refractivity contribution is 0.202. The van der Waals surface area contributed by atoms with E-state index in [2.05, 4.69) is 55.5 Å². The fourth-order valence-corrected chi connectivity index (χ4v) is 2.36. The first kappa shape index (κ1) is 14.8. The fourth-order valence-electron chi connectivity index (χ4n) is 2.36. The van der Waals surface area contributed by atoms with Gasteiger partial charge in [0.25, 0.3) is 0 Å². The van der Waals surface area contributed by atoms with Crippen molar-refractivity contribution in [1.82, 2.24) is 0 Å². The van der Waals surface area contributed by atoms with E-state index < -0.39 is 0 Å². The van der Waals surface area contributed by atoms with Gasteiger partial charge in [-0.2, -0.15) is 0 Å².